The summed E-state index contributed by atoms with van der Waals surface area (Å²) in [5, 5.41) is 2.36. The average molecular weight is 303 g/mol. The van der Waals surface area contributed by atoms with E-state index in [2.05, 4.69) is 5.32 Å². The third-order valence-corrected chi connectivity index (χ3v) is 3.07. The molecule has 1 aliphatic rings. The number of nitrogens with one attached hydrogen (secondary N) is 1. The fourth-order valence-corrected chi connectivity index (χ4v) is 2.08. The van der Waals surface area contributed by atoms with Crippen molar-refractivity contribution in [2.24, 2.45) is 0 Å². The highest BCUT2D eigenvalue weighted by Gasteiger charge is 2.31. The Morgan fingerprint density at radius 3 is 2.81 bits per heavy atom. The van der Waals surface area contributed by atoms with E-state index in [0.717, 1.165) is 25.0 Å². The Morgan fingerprint density at radius 1 is 1.48 bits per heavy atom. The molecule has 21 heavy (non-hydrogen) atoms. The highest BCUT2D eigenvalue weighted by molar-refractivity contribution is 5.90. The SMILES string of the molecule is CC(=O)Nc1cc(C(F)(F)F)ccc1OC[C@@H]1CCCO1. The van der Waals surface area contributed by atoms with Gasteiger partial charge >= 0.3 is 6.18 Å². The Bertz CT molecular complexity index is 511. The highest BCUT2D eigenvalue weighted by Crippen LogP contribution is 2.35. The van der Waals surface area contributed by atoms with Crippen molar-refractivity contribution >= 4 is 11.6 Å². The number of anilines is 1. The molecule has 0 radical (unpaired) electrons. The minimum Gasteiger partial charge on any atom is -0.489 e. The van der Waals surface area contributed by atoms with Gasteiger partial charge in [-0.2, -0.15) is 13.2 Å². The van der Waals surface area contributed by atoms with Crippen molar-refractivity contribution < 1.29 is 27.4 Å². The van der Waals surface area contributed by atoms with Crippen molar-refractivity contribution in [3.8, 4) is 5.75 Å². The van der Waals surface area contributed by atoms with E-state index in [1.54, 1.807) is 0 Å². The summed E-state index contributed by atoms with van der Waals surface area (Å²) >= 11 is 0. The Kier molecular flexibility index (Phi) is 4.72. The molecule has 2 rings (SSSR count). The molecule has 4 nitrogen and oxygen atoms in total. The van der Waals surface area contributed by atoms with Crippen LogP contribution in [0.4, 0.5) is 18.9 Å². The second-order valence-corrected chi connectivity index (χ2v) is 4.84. The average Bonchev–Trinajstić information content (AvgIpc) is 2.88. The summed E-state index contributed by atoms with van der Waals surface area (Å²) in [5.41, 5.74) is -0.828. The first-order valence-electron chi connectivity index (χ1n) is 6.59. The first-order valence-corrected chi connectivity index (χ1v) is 6.59. The number of amides is 1. The lowest BCUT2D eigenvalue weighted by Gasteiger charge is -2.16. The molecule has 1 aromatic rings. The van der Waals surface area contributed by atoms with Crippen LogP contribution in [-0.4, -0.2) is 25.2 Å². The fourth-order valence-electron chi connectivity index (χ4n) is 2.08. The molecule has 1 fully saturated rings. The summed E-state index contributed by atoms with van der Waals surface area (Å²) in [4.78, 5) is 11.1. The molecule has 0 aromatic heterocycles. The predicted molar refractivity (Wildman–Crippen MR) is 70.2 cm³/mol. The molecule has 1 heterocycles. The minimum atomic E-state index is -4.47. The van der Waals surface area contributed by atoms with E-state index in [1.165, 1.54) is 13.0 Å². The van der Waals surface area contributed by atoms with Crippen molar-refractivity contribution in [2.45, 2.75) is 32.0 Å². The molecule has 1 atom stereocenters. The lowest BCUT2D eigenvalue weighted by Crippen LogP contribution is -2.18. The van der Waals surface area contributed by atoms with Crippen LogP contribution in [0.25, 0.3) is 0 Å². The van der Waals surface area contributed by atoms with Crippen molar-refractivity contribution in [3.63, 3.8) is 0 Å². The van der Waals surface area contributed by atoms with Gasteiger partial charge in [-0.05, 0) is 31.0 Å². The zero-order valence-corrected chi connectivity index (χ0v) is 11.5. The Morgan fingerprint density at radius 2 is 2.24 bits per heavy atom. The van der Waals surface area contributed by atoms with E-state index in [9.17, 15) is 18.0 Å². The topological polar surface area (TPSA) is 47.6 Å². The molecular weight excluding hydrogens is 287 g/mol. The molecule has 1 aromatic carbocycles. The van der Waals surface area contributed by atoms with Crippen molar-refractivity contribution in [3.05, 3.63) is 23.8 Å². The van der Waals surface area contributed by atoms with Crippen LogP contribution in [0.3, 0.4) is 0 Å². The van der Waals surface area contributed by atoms with Crippen LogP contribution in [0.2, 0.25) is 0 Å². The molecule has 0 bridgehead atoms. The lowest BCUT2D eigenvalue weighted by atomic mass is 10.1. The van der Waals surface area contributed by atoms with E-state index < -0.39 is 17.6 Å². The molecule has 0 saturated carbocycles. The Hall–Kier alpha value is -1.76. The predicted octanol–water partition coefficient (Wildman–Crippen LogP) is 3.22. The summed E-state index contributed by atoms with van der Waals surface area (Å²) in [5.74, 6) is -0.259. The zero-order valence-electron chi connectivity index (χ0n) is 11.5. The van der Waals surface area contributed by atoms with Gasteiger partial charge in [-0.3, -0.25) is 4.79 Å². The molecule has 0 unspecified atom stereocenters. The Labute approximate surface area is 120 Å². The molecular formula is C14H16F3NO3. The van der Waals surface area contributed by atoms with Crippen molar-refractivity contribution in [2.75, 3.05) is 18.5 Å². The maximum Gasteiger partial charge on any atom is 0.416 e. The summed E-state index contributed by atoms with van der Waals surface area (Å²) in [7, 11) is 0. The smallest absolute Gasteiger partial charge is 0.416 e. The van der Waals surface area contributed by atoms with Gasteiger partial charge in [0, 0.05) is 13.5 Å². The van der Waals surface area contributed by atoms with Gasteiger partial charge < -0.3 is 14.8 Å². The van der Waals surface area contributed by atoms with E-state index in [1.807, 2.05) is 0 Å². The number of hydrogen-bond donors (Lipinski definition) is 1. The van der Waals surface area contributed by atoms with Crippen LogP contribution in [-0.2, 0) is 15.7 Å². The minimum absolute atomic E-state index is 0.00956. The summed E-state index contributed by atoms with van der Waals surface area (Å²) in [6, 6.07) is 3.01. The number of halogens is 3. The molecule has 0 spiro atoms. The second kappa shape index (κ2) is 6.34. The normalized spacial score (nSPS) is 18.6. The monoisotopic (exact) mass is 303 g/mol. The third-order valence-electron chi connectivity index (χ3n) is 3.07. The number of alkyl halides is 3. The molecule has 1 saturated heterocycles. The van der Waals surface area contributed by atoms with E-state index in [0.29, 0.717) is 6.61 Å². The molecule has 1 amide bonds. The second-order valence-electron chi connectivity index (χ2n) is 4.84. The van der Waals surface area contributed by atoms with Crippen molar-refractivity contribution in [1.29, 1.82) is 0 Å². The van der Waals surface area contributed by atoms with Crippen LogP contribution in [0.5, 0.6) is 5.75 Å². The first kappa shape index (κ1) is 15.6. The molecule has 116 valence electrons. The van der Waals surface area contributed by atoms with Gasteiger partial charge in [0.1, 0.15) is 12.4 Å². The number of rotatable bonds is 4. The summed E-state index contributed by atoms with van der Waals surface area (Å²) in [6.45, 7) is 2.14. The number of ether oxygens (including phenoxy) is 2. The molecule has 0 aliphatic carbocycles. The van der Waals surface area contributed by atoms with Gasteiger partial charge in [0.2, 0.25) is 5.91 Å². The quantitative estimate of drug-likeness (QED) is 0.929. The Balaban J connectivity index is 2.15. The van der Waals surface area contributed by atoms with Gasteiger partial charge in [-0.15, -0.1) is 0 Å². The van der Waals surface area contributed by atoms with Gasteiger partial charge in [0.25, 0.3) is 0 Å². The lowest BCUT2D eigenvalue weighted by molar-refractivity contribution is -0.137. The van der Waals surface area contributed by atoms with Gasteiger partial charge in [0.05, 0.1) is 17.4 Å². The van der Waals surface area contributed by atoms with E-state index in [4.69, 9.17) is 9.47 Å². The van der Waals surface area contributed by atoms with Crippen LogP contribution < -0.4 is 10.1 Å². The van der Waals surface area contributed by atoms with Gasteiger partial charge in [-0.25, -0.2) is 0 Å². The van der Waals surface area contributed by atoms with Crippen molar-refractivity contribution in [1.82, 2.24) is 0 Å². The molecule has 1 aliphatic heterocycles. The molecule has 7 heteroatoms. The highest BCUT2D eigenvalue weighted by atomic mass is 19.4. The number of benzene rings is 1. The fraction of sp³-hybridized carbons (Fsp3) is 0.500. The van der Waals surface area contributed by atoms with Crippen LogP contribution in [0, 0.1) is 0 Å². The molecule has 1 N–H and O–H groups in total. The largest absolute Gasteiger partial charge is 0.489 e. The maximum absolute atomic E-state index is 12.7. The van der Waals surface area contributed by atoms with E-state index >= 15 is 0 Å². The summed E-state index contributed by atoms with van der Waals surface area (Å²) in [6.07, 6.45) is -2.73. The van der Waals surface area contributed by atoms with Crippen LogP contribution in [0.15, 0.2) is 18.2 Å². The number of hydrogen-bond acceptors (Lipinski definition) is 3. The van der Waals surface area contributed by atoms with Crippen LogP contribution >= 0.6 is 0 Å². The maximum atomic E-state index is 12.7. The zero-order chi connectivity index (χ0) is 15.5. The first-order chi connectivity index (χ1) is 9.86. The number of carbonyl (C=O) groups is 1. The third kappa shape index (κ3) is 4.35. The summed E-state index contributed by atoms with van der Waals surface area (Å²) < 4.78 is 48.9. The van der Waals surface area contributed by atoms with Crippen LogP contribution in [0.1, 0.15) is 25.3 Å². The van der Waals surface area contributed by atoms with Gasteiger partial charge in [0.15, 0.2) is 0 Å². The van der Waals surface area contributed by atoms with E-state index in [-0.39, 0.29) is 24.1 Å². The van der Waals surface area contributed by atoms with Gasteiger partial charge in [-0.1, -0.05) is 0 Å². The number of carbonyl (C=O) groups excluding carboxylic acids is 1. The standard InChI is InChI=1S/C14H16F3NO3/c1-9(19)18-12-7-10(14(15,16)17)4-5-13(12)21-8-11-3-2-6-20-11/h4-5,7,11H,2-3,6,8H2,1H3,(H,18,19)/t11-/m0/s1.